The number of likely N-dealkylation sites (tertiary alicyclic amines) is 1. The second kappa shape index (κ2) is 12.3. The molecule has 1 aromatic heterocycles. The van der Waals surface area contributed by atoms with E-state index in [-0.39, 0.29) is 30.3 Å². The molecule has 224 valence electrons. The molecule has 0 radical (unpaired) electrons. The zero-order valence-electron chi connectivity index (χ0n) is 25.1. The van der Waals surface area contributed by atoms with E-state index >= 15 is 0 Å². The number of hydrogen-bond acceptors (Lipinski definition) is 8. The molecule has 2 heterocycles. The van der Waals surface area contributed by atoms with E-state index in [0.29, 0.717) is 55.7 Å². The Bertz CT molecular complexity index is 1490. The van der Waals surface area contributed by atoms with Crippen LogP contribution in [0.25, 0.3) is 0 Å². The van der Waals surface area contributed by atoms with Crippen molar-refractivity contribution in [3.63, 3.8) is 0 Å². The van der Waals surface area contributed by atoms with Crippen molar-refractivity contribution < 1.29 is 14.4 Å². The lowest BCUT2D eigenvalue weighted by atomic mass is 9.69. The molecule has 3 amide bonds. The van der Waals surface area contributed by atoms with Crippen molar-refractivity contribution in [2.75, 3.05) is 47.8 Å². The van der Waals surface area contributed by atoms with E-state index in [1.54, 1.807) is 42.9 Å². The van der Waals surface area contributed by atoms with E-state index in [1.807, 2.05) is 36.4 Å². The highest BCUT2D eigenvalue weighted by molar-refractivity contribution is 5.95. The first-order valence-electron chi connectivity index (χ1n) is 14.5. The van der Waals surface area contributed by atoms with Gasteiger partial charge in [0.1, 0.15) is 6.04 Å². The number of carbonyl (C=O) groups is 3. The Morgan fingerprint density at radius 3 is 2.14 bits per heavy atom. The first-order valence-corrected chi connectivity index (χ1v) is 14.5. The van der Waals surface area contributed by atoms with Crippen LogP contribution in [-0.2, 0) is 23.1 Å². The maximum Gasteiger partial charge on any atom is 0.253 e. The van der Waals surface area contributed by atoms with Crippen LogP contribution in [0.5, 0.6) is 0 Å². The summed E-state index contributed by atoms with van der Waals surface area (Å²) in [4.78, 5) is 43.5. The van der Waals surface area contributed by atoms with Gasteiger partial charge >= 0.3 is 0 Å². The number of benzene rings is 2. The van der Waals surface area contributed by atoms with Crippen molar-refractivity contribution >= 4 is 17.7 Å². The molecule has 0 spiro atoms. The minimum atomic E-state index is -0.858. The van der Waals surface area contributed by atoms with Crippen LogP contribution in [0.3, 0.4) is 0 Å². The van der Waals surface area contributed by atoms with E-state index in [2.05, 4.69) is 32.0 Å². The van der Waals surface area contributed by atoms with Gasteiger partial charge in [-0.05, 0) is 95.6 Å². The van der Waals surface area contributed by atoms with Crippen LogP contribution in [0.4, 0.5) is 0 Å². The predicted molar refractivity (Wildman–Crippen MR) is 158 cm³/mol. The van der Waals surface area contributed by atoms with Gasteiger partial charge in [0, 0.05) is 45.9 Å². The van der Waals surface area contributed by atoms with Gasteiger partial charge in [-0.2, -0.15) is 5.26 Å². The van der Waals surface area contributed by atoms with Gasteiger partial charge in [-0.3, -0.25) is 14.4 Å². The van der Waals surface area contributed by atoms with Crippen LogP contribution in [0.15, 0.2) is 36.4 Å². The maximum absolute atomic E-state index is 12.9. The lowest BCUT2D eigenvalue weighted by molar-refractivity contribution is -0.130. The fourth-order valence-corrected chi connectivity index (χ4v) is 6.39. The molecule has 1 atom stereocenters. The average molecular weight is 584 g/mol. The lowest BCUT2D eigenvalue weighted by Crippen LogP contribution is -2.42. The zero-order valence-corrected chi connectivity index (χ0v) is 25.1. The summed E-state index contributed by atoms with van der Waals surface area (Å²) in [6.07, 6.45) is 3.32. The highest BCUT2D eigenvalue weighted by Crippen LogP contribution is 2.46. The number of aromatic amines is 1. The minimum absolute atomic E-state index is 0.0897. The molecule has 12 nitrogen and oxygen atoms in total. The van der Waals surface area contributed by atoms with Gasteiger partial charge in [0.25, 0.3) is 11.8 Å². The van der Waals surface area contributed by atoms with Gasteiger partial charge in [-0.1, -0.05) is 12.1 Å². The number of carbonyl (C=O) groups excluding carboxylic acids is 3. The summed E-state index contributed by atoms with van der Waals surface area (Å²) < 4.78 is 0. The molecule has 1 saturated heterocycles. The molecule has 0 unspecified atom stereocenters. The summed E-state index contributed by atoms with van der Waals surface area (Å²) in [7, 11) is 6.91. The van der Waals surface area contributed by atoms with Crippen LogP contribution in [-0.4, -0.2) is 107 Å². The Labute approximate surface area is 251 Å². The number of H-pyrrole nitrogens is 1. The van der Waals surface area contributed by atoms with Crippen molar-refractivity contribution in [2.45, 2.75) is 43.6 Å². The van der Waals surface area contributed by atoms with Gasteiger partial charge in [-0.15, -0.1) is 5.10 Å². The van der Waals surface area contributed by atoms with Crippen LogP contribution >= 0.6 is 0 Å². The summed E-state index contributed by atoms with van der Waals surface area (Å²) in [5.74, 6) is 0.258. The topological polar surface area (TPSA) is 151 Å². The number of tetrazole rings is 1. The van der Waals surface area contributed by atoms with E-state index < -0.39 is 5.41 Å². The second-order valence-electron chi connectivity index (χ2n) is 11.6. The van der Waals surface area contributed by atoms with Gasteiger partial charge in [0.15, 0.2) is 5.82 Å². The third kappa shape index (κ3) is 5.60. The highest BCUT2D eigenvalue weighted by Gasteiger charge is 2.44. The fourth-order valence-electron chi connectivity index (χ4n) is 6.39. The Morgan fingerprint density at radius 1 is 1.02 bits per heavy atom. The first kappa shape index (κ1) is 29.8. The number of nitriles is 1. The molecule has 1 fully saturated rings. The summed E-state index contributed by atoms with van der Waals surface area (Å²) >= 11 is 0. The number of nitrogens with zero attached hydrogens (tertiary/aromatic N) is 7. The van der Waals surface area contributed by atoms with E-state index in [1.165, 1.54) is 0 Å². The Hall–Kier alpha value is -4.63. The first-order chi connectivity index (χ1) is 20.7. The van der Waals surface area contributed by atoms with Gasteiger partial charge in [0.2, 0.25) is 5.91 Å². The lowest BCUT2D eigenvalue weighted by Gasteiger charge is -2.35. The van der Waals surface area contributed by atoms with E-state index in [0.717, 1.165) is 28.7 Å². The number of fused-ring (bicyclic) bond motifs is 2. The van der Waals surface area contributed by atoms with Crippen LogP contribution in [0.1, 0.15) is 68.1 Å². The average Bonchev–Trinajstić information content (AvgIpc) is 3.70. The Kier molecular flexibility index (Phi) is 8.54. The van der Waals surface area contributed by atoms with Crippen LogP contribution < -0.4 is 5.32 Å². The highest BCUT2D eigenvalue weighted by atomic mass is 16.2. The fraction of sp³-hybridized carbons (Fsp3) is 0.452. The summed E-state index contributed by atoms with van der Waals surface area (Å²) in [5.41, 5.74) is 4.22. The molecule has 43 heavy (non-hydrogen) atoms. The molecule has 2 N–H and O–H groups in total. The predicted octanol–water partition coefficient (Wildman–Crippen LogP) is 1.53. The van der Waals surface area contributed by atoms with Gasteiger partial charge < -0.3 is 20.0 Å². The number of nitrogens with one attached hydrogen (secondary N) is 2. The normalized spacial score (nSPS) is 16.9. The van der Waals surface area contributed by atoms with Crippen molar-refractivity contribution in [3.05, 3.63) is 75.6 Å². The molecule has 1 aliphatic carbocycles. The number of aromatic nitrogens is 4. The van der Waals surface area contributed by atoms with E-state index in [9.17, 15) is 19.6 Å². The van der Waals surface area contributed by atoms with Crippen LogP contribution in [0.2, 0.25) is 0 Å². The number of amides is 3. The number of rotatable bonds is 8. The molecular formula is C31H37N9O3. The summed E-state index contributed by atoms with van der Waals surface area (Å²) in [6, 6.07) is 13.4. The van der Waals surface area contributed by atoms with Crippen LogP contribution in [0, 0.1) is 11.3 Å². The van der Waals surface area contributed by atoms with Crippen molar-refractivity contribution in [3.8, 4) is 6.07 Å². The quantitative estimate of drug-likeness (QED) is 0.379. The molecule has 2 aliphatic rings. The summed E-state index contributed by atoms with van der Waals surface area (Å²) in [6.45, 7) is 1.14. The Balaban J connectivity index is 1.57. The van der Waals surface area contributed by atoms with Gasteiger partial charge in [0.05, 0.1) is 18.0 Å². The molecule has 12 heteroatoms. The monoisotopic (exact) mass is 583 g/mol. The molecule has 2 aromatic carbocycles. The Morgan fingerprint density at radius 2 is 1.63 bits per heavy atom. The van der Waals surface area contributed by atoms with E-state index in [4.69, 9.17) is 0 Å². The standard InChI is InChI=1S/C31H37N9O3/c1-38(2)28(42)22-9-11-25-20(16-22)7-8-21-17-23(29(43)39(3)4)10-12-26(21)31(25,30-34-36-37-35-30)13-14-33-19-27(41)40-15-5-6-24(40)18-32/h9-12,16-17,24,33H,5-8,13-15,19H2,1-4H3,(H,34,35,36,37)/t24-/m0/s1. The van der Waals surface area contributed by atoms with Crippen molar-refractivity contribution in [1.29, 1.82) is 5.26 Å². The molecule has 0 bridgehead atoms. The molecule has 1 aliphatic heterocycles. The van der Waals surface area contributed by atoms with Crippen molar-refractivity contribution in [1.82, 2.24) is 40.6 Å². The third-order valence-corrected chi connectivity index (χ3v) is 8.52. The SMILES string of the molecule is CN(C)C(=O)c1ccc2c(c1)CCc1cc(C(=O)N(C)C)ccc1C2(CCNCC(=O)N1CCC[C@H]1C#N)c1nnn[nH]1. The number of aryl methyl sites for hydroxylation is 2. The maximum atomic E-state index is 12.9. The smallest absolute Gasteiger partial charge is 0.253 e. The van der Waals surface area contributed by atoms with Gasteiger partial charge in [-0.25, -0.2) is 5.10 Å². The molecule has 5 rings (SSSR count). The summed E-state index contributed by atoms with van der Waals surface area (Å²) in [5, 5.41) is 28.0. The second-order valence-corrected chi connectivity index (χ2v) is 11.6. The van der Waals surface area contributed by atoms with Crippen molar-refractivity contribution in [2.24, 2.45) is 0 Å². The molecule has 0 saturated carbocycles. The minimum Gasteiger partial charge on any atom is -0.345 e. The largest absolute Gasteiger partial charge is 0.345 e. The third-order valence-electron chi connectivity index (χ3n) is 8.52. The molecular weight excluding hydrogens is 546 g/mol. The molecule has 3 aromatic rings. The number of hydrogen-bond donors (Lipinski definition) is 2. The zero-order chi connectivity index (χ0) is 30.7.